The van der Waals surface area contributed by atoms with Gasteiger partial charge in [-0.3, -0.25) is 0 Å². The van der Waals surface area contributed by atoms with Crippen molar-refractivity contribution < 1.29 is 28.6 Å². The summed E-state index contributed by atoms with van der Waals surface area (Å²) in [5.41, 5.74) is 1.43. The molecule has 0 aliphatic heterocycles. The van der Waals surface area contributed by atoms with Crippen LogP contribution in [-0.4, -0.2) is 18.1 Å². The van der Waals surface area contributed by atoms with Gasteiger partial charge < -0.3 is 14.2 Å². The molecule has 0 aliphatic rings. The molecule has 6 heteroatoms. The van der Waals surface area contributed by atoms with E-state index in [1.165, 1.54) is 0 Å². The predicted molar refractivity (Wildman–Crippen MR) is 79.0 cm³/mol. The fraction of sp³-hybridized carbons (Fsp3) is 0.118. The lowest BCUT2D eigenvalue weighted by Crippen LogP contribution is -2.23. The first-order chi connectivity index (χ1) is 11.1. The van der Waals surface area contributed by atoms with Gasteiger partial charge in [0.2, 0.25) is 0 Å². The molecule has 0 aromatic heterocycles. The SMILES string of the molecule is O=C(OCc1ccccc1)OC(=O)C(=O)OCc1ccccc1. The van der Waals surface area contributed by atoms with E-state index in [9.17, 15) is 14.4 Å². The van der Waals surface area contributed by atoms with Crippen molar-refractivity contribution in [3.8, 4) is 0 Å². The van der Waals surface area contributed by atoms with E-state index in [2.05, 4.69) is 4.74 Å². The Labute approximate surface area is 132 Å². The van der Waals surface area contributed by atoms with Crippen molar-refractivity contribution in [2.45, 2.75) is 13.2 Å². The number of esters is 2. The molecule has 0 N–H and O–H groups in total. The van der Waals surface area contributed by atoms with Gasteiger partial charge in [0.05, 0.1) is 0 Å². The Morgan fingerprint density at radius 1 is 0.652 bits per heavy atom. The normalized spacial score (nSPS) is 9.74. The van der Waals surface area contributed by atoms with E-state index in [4.69, 9.17) is 9.47 Å². The Morgan fingerprint density at radius 3 is 1.65 bits per heavy atom. The van der Waals surface area contributed by atoms with Gasteiger partial charge in [-0.15, -0.1) is 0 Å². The van der Waals surface area contributed by atoms with Gasteiger partial charge in [0.15, 0.2) is 0 Å². The molecule has 0 heterocycles. The Hall–Kier alpha value is -3.15. The summed E-state index contributed by atoms with van der Waals surface area (Å²) in [6.07, 6.45) is -1.25. The summed E-state index contributed by atoms with van der Waals surface area (Å²) in [7, 11) is 0. The van der Waals surface area contributed by atoms with E-state index in [1.54, 1.807) is 48.5 Å². The molecule has 0 radical (unpaired) electrons. The zero-order valence-electron chi connectivity index (χ0n) is 12.1. The van der Waals surface area contributed by atoms with Crippen molar-refractivity contribution >= 4 is 18.1 Å². The van der Waals surface area contributed by atoms with Crippen LogP contribution >= 0.6 is 0 Å². The van der Waals surface area contributed by atoms with Crippen LogP contribution in [-0.2, 0) is 37.0 Å². The first-order valence-electron chi connectivity index (χ1n) is 6.78. The predicted octanol–water partition coefficient (Wildman–Crippen LogP) is 2.61. The Bertz CT molecular complexity index is 666. The lowest BCUT2D eigenvalue weighted by atomic mass is 10.2. The van der Waals surface area contributed by atoms with Crippen LogP contribution in [0.3, 0.4) is 0 Å². The molecule has 0 saturated carbocycles. The molecule has 2 aromatic rings. The molecule has 0 fully saturated rings. The average molecular weight is 314 g/mol. The summed E-state index contributed by atoms with van der Waals surface area (Å²) in [6.45, 7) is -0.153. The molecule has 0 amide bonds. The third-order valence-electron chi connectivity index (χ3n) is 2.75. The molecular weight excluding hydrogens is 300 g/mol. The highest BCUT2D eigenvalue weighted by Gasteiger charge is 2.22. The first kappa shape index (κ1) is 16.2. The first-order valence-corrected chi connectivity index (χ1v) is 6.78. The van der Waals surface area contributed by atoms with Gasteiger partial charge in [-0.25, -0.2) is 14.4 Å². The van der Waals surface area contributed by atoms with Crippen LogP contribution in [0.5, 0.6) is 0 Å². The Morgan fingerprint density at radius 2 is 1.13 bits per heavy atom. The molecular formula is C17H14O6. The van der Waals surface area contributed by atoms with Crippen LogP contribution in [0.15, 0.2) is 60.7 Å². The molecule has 0 saturated heterocycles. The highest BCUT2D eigenvalue weighted by molar-refractivity contribution is 6.31. The number of rotatable bonds is 4. The molecule has 118 valence electrons. The van der Waals surface area contributed by atoms with E-state index >= 15 is 0 Å². The molecule has 6 nitrogen and oxygen atoms in total. The summed E-state index contributed by atoms with van der Waals surface area (Å²) in [5, 5.41) is 0. The van der Waals surface area contributed by atoms with Crippen molar-refractivity contribution in [1.29, 1.82) is 0 Å². The van der Waals surface area contributed by atoms with E-state index in [0.717, 1.165) is 5.56 Å². The van der Waals surface area contributed by atoms with Crippen LogP contribution in [0.2, 0.25) is 0 Å². The van der Waals surface area contributed by atoms with Crippen LogP contribution in [0.4, 0.5) is 4.79 Å². The maximum Gasteiger partial charge on any atom is 0.516 e. The highest BCUT2D eigenvalue weighted by Crippen LogP contribution is 2.03. The van der Waals surface area contributed by atoms with Crippen molar-refractivity contribution in [3.05, 3.63) is 71.8 Å². The lowest BCUT2D eigenvalue weighted by Gasteiger charge is -2.05. The minimum atomic E-state index is -1.42. The van der Waals surface area contributed by atoms with Gasteiger partial charge in [0, 0.05) is 0 Å². The summed E-state index contributed by atoms with van der Waals surface area (Å²) < 4.78 is 13.7. The maximum atomic E-state index is 11.4. The standard InChI is InChI=1S/C17H14O6/c18-15(21-11-13-7-3-1-4-8-13)16(19)23-17(20)22-12-14-9-5-2-6-10-14/h1-10H,11-12H2. The Kier molecular flexibility index (Phi) is 5.88. The van der Waals surface area contributed by atoms with Gasteiger partial charge >= 0.3 is 18.1 Å². The van der Waals surface area contributed by atoms with Crippen LogP contribution in [0.25, 0.3) is 0 Å². The number of hydrogen-bond acceptors (Lipinski definition) is 6. The largest absolute Gasteiger partial charge is 0.516 e. The average Bonchev–Trinajstić information content (AvgIpc) is 2.59. The number of ether oxygens (including phenoxy) is 3. The minimum absolute atomic E-state index is 0.0635. The lowest BCUT2D eigenvalue weighted by molar-refractivity contribution is -0.166. The summed E-state index contributed by atoms with van der Waals surface area (Å²) in [5.74, 6) is -2.68. The second kappa shape index (κ2) is 8.33. The van der Waals surface area contributed by atoms with E-state index in [-0.39, 0.29) is 13.2 Å². The smallest absolute Gasteiger partial charge is 0.452 e. The van der Waals surface area contributed by atoms with E-state index in [0.29, 0.717) is 5.56 Å². The van der Waals surface area contributed by atoms with Crippen molar-refractivity contribution in [2.24, 2.45) is 0 Å². The quantitative estimate of drug-likeness (QED) is 0.490. The fourth-order valence-electron chi connectivity index (χ4n) is 1.65. The molecule has 0 spiro atoms. The molecule has 2 rings (SSSR count). The van der Waals surface area contributed by atoms with Crippen LogP contribution in [0.1, 0.15) is 11.1 Å². The van der Waals surface area contributed by atoms with Gasteiger partial charge in [-0.2, -0.15) is 0 Å². The van der Waals surface area contributed by atoms with Crippen LogP contribution in [0, 0.1) is 0 Å². The molecule has 0 atom stereocenters. The second-order valence-corrected chi connectivity index (χ2v) is 4.48. The number of carbonyl (C=O) groups is 3. The monoisotopic (exact) mass is 314 g/mol. The third-order valence-corrected chi connectivity index (χ3v) is 2.75. The molecule has 23 heavy (non-hydrogen) atoms. The highest BCUT2D eigenvalue weighted by atomic mass is 16.7. The fourth-order valence-corrected chi connectivity index (χ4v) is 1.65. The topological polar surface area (TPSA) is 78.9 Å². The van der Waals surface area contributed by atoms with Crippen molar-refractivity contribution in [1.82, 2.24) is 0 Å². The second-order valence-electron chi connectivity index (χ2n) is 4.48. The summed E-state index contributed by atoms with van der Waals surface area (Å²) >= 11 is 0. The molecule has 0 unspecified atom stereocenters. The van der Waals surface area contributed by atoms with Crippen molar-refractivity contribution in [2.75, 3.05) is 0 Å². The molecule has 0 aliphatic carbocycles. The van der Waals surface area contributed by atoms with Gasteiger partial charge in [0.25, 0.3) is 0 Å². The van der Waals surface area contributed by atoms with E-state index in [1.807, 2.05) is 12.1 Å². The van der Waals surface area contributed by atoms with E-state index < -0.39 is 18.1 Å². The summed E-state index contributed by atoms with van der Waals surface area (Å²) in [4.78, 5) is 34.1. The zero-order chi connectivity index (χ0) is 16.5. The van der Waals surface area contributed by atoms with Crippen molar-refractivity contribution in [3.63, 3.8) is 0 Å². The number of hydrogen-bond donors (Lipinski definition) is 0. The zero-order valence-corrected chi connectivity index (χ0v) is 12.1. The van der Waals surface area contributed by atoms with Gasteiger partial charge in [0.1, 0.15) is 13.2 Å². The minimum Gasteiger partial charge on any atom is -0.452 e. The van der Waals surface area contributed by atoms with Crippen LogP contribution < -0.4 is 0 Å². The number of benzene rings is 2. The molecule has 0 bridgehead atoms. The number of carbonyl (C=O) groups excluding carboxylic acids is 3. The molecule has 2 aromatic carbocycles. The Balaban J connectivity index is 1.72. The van der Waals surface area contributed by atoms with Gasteiger partial charge in [-0.1, -0.05) is 60.7 Å². The maximum absolute atomic E-state index is 11.4. The third kappa shape index (κ3) is 5.62. The van der Waals surface area contributed by atoms with Gasteiger partial charge in [-0.05, 0) is 11.1 Å². The summed E-state index contributed by atoms with van der Waals surface area (Å²) in [6, 6.07) is 17.6.